The Morgan fingerprint density at radius 3 is 2.92 bits per heavy atom. The van der Waals surface area contributed by atoms with Crippen LogP contribution >= 0.6 is 38.6 Å². The third-order valence-electron chi connectivity index (χ3n) is 3.40. The number of benzene rings is 1. The van der Waals surface area contributed by atoms with Crippen LogP contribution in [0.25, 0.3) is 21.7 Å². The lowest BCUT2D eigenvalue weighted by atomic mass is 10.2. The van der Waals surface area contributed by atoms with E-state index < -0.39 is 0 Å². The van der Waals surface area contributed by atoms with E-state index in [1.165, 1.54) is 15.9 Å². The molecule has 5 nitrogen and oxygen atoms in total. The van der Waals surface area contributed by atoms with Gasteiger partial charge in [-0.25, -0.2) is 0 Å². The van der Waals surface area contributed by atoms with Crippen LogP contribution in [0, 0.1) is 0 Å². The molecule has 3 heterocycles. The van der Waals surface area contributed by atoms with Crippen LogP contribution in [0.2, 0.25) is 0 Å². The predicted molar refractivity (Wildman–Crippen MR) is 99.9 cm³/mol. The minimum atomic E-state index is -0.174. The number of methoxy groups -OCH3 is 1. The third-order valence-corrected chi connectivity index (χ3v) is 5.72. The number of fused-ring (bicyclic) bond motifs is 1. The molecule has 1 aromatic carbocycles. The molecule has 0 saturated heterocycles. The summed E-state index contributed by atoms with van der Waals surface area (Å²) < 4.78 is 8.19. The maximum atomic E-state index is 12.6. The van der Waals surface area contributed by atoms with Crippen LogP contribution in [-0.4, -0.2) is 21.7 Å². The van der Waals surface area contributed by atoms with E-state index in [4.69, 9.17) is 4.74 Å². The predicted octanol–water partition coefficient (Wildman–Crippen LogP) is 3.20. The van der Waals surface area contributed by atoms with Gasteiger partial charge in [0.15, 0.2) is 5.82 Å². The van der Waals surface area contributed by atoms with Gasteiger partial charge in [0.25, 0.3) is 5.56 Å². The summed E-state index contributed by atoms with van der Waals surface area (Å²) in [5.41, 5.74) is 0.652. The van der Waals surface area contributed by atoms with Crippen molar-refractivity contribution in [3.05, 3.63) is 60.6 Å². The Bertz CT molecular complexity index is 1130. The molecule has 0 N–H and O–H groups in total. The number of nitrogens with zero attached hydrogens (tertiary/aromatic N) is 3. The topological polar surface area (TPSA) is 56.5 Å². The molecule has 0 unspecified atom stereocenters. The van der Waals surface area contributed by atoms with Gasteiger partial charge >= 0.3 is 0 Å². The van der Waals surface area contributed by atoms with Crippen molar-refractivity contribution in [3.8, 4) is 16.5 Å². The van der Waals surface area contributed by atoms with E-state index in [1.54, 1.807) is 24.5 Å². The molecule has 4 rings (SSSR count). The first-order chi connectivity index (χ1) is 11.7. The summed E-state index contributed by atoms with van der Waals surface area (Å²) in [6.45, 7) is 0. The molecule has 120 valence electrons. The van der Waals surface area contributed by atoms with Crippen LogP contribution in [0.15, 0.2) is 45.0 Å². The minimum Gasteiger partial charge on any atom is -0.496 e. The molecule has 0 atom stereocenters. The maximum absolute atomic E-state index is 12.6. The number of thiophene rings is 1. The van der Waals surface area contributed by atoms with Gasteiger partial charge in [-0.1, -0.05) is 33.3 Å². The fourth-order valence-corrected chi connectivity index (χ4v) is 4.23. The quantitative estimate of drug-likeness (QED) is 0.511. The van der Waals surface area contributed by atoms with Crippen LogP contribution in [0.5, 0.6) is 5.75 Å². The zero-order chi connectivity index (χ0) is 16.7. The molecule has 0 bridgehead atoms. The van der Waals surface area contributed by atoms with Crippen molar-refractivity contribution in [2.75, 3.05) is 7.11 Å². The van der Waals surface area contributed by atoms with Crippen molar-refractivity contribution >= 4 is 49.6 Å². The van der Waals surface area contributed by atoms with Crippen LogP contribution in [-0.2, 0) is 0 Å². The number of hydrogen-bond donors (Lipinski definition) is 0. The van der Waals surface area contributed by atoms with Crippen molar-refractivity contribution in [1.82, 2.24) is 14.6 Å². The van der Waals surface area contributed by atoms with Crippen LogP contribution < -0.4 is 14.8 Å². The molecule has 8 heteroatoms. The van der Waals surface area contributed by atoms with Crippen molar-refractivity contribution in [2.24, 2.45) is 0 Å². The van der Waals surface area contributed by atoms with Gasteiger partial charge in [0, 0.05) is 10.0 Å². The van der Waals surface area contributed by atoms with Gasteiger partial charge in [0.2, 0.25) is 4.96 Å². The molecule has 4 aromatic rings. The normalized spacial score (nSPS) is 12.2. The molecular formula is C16H10BrN3O2S2. The second kappa shape index (κ2) is 6.12. The molecule has 24 heavy (non-hydrogen) atoms. The second-order valence-corrected chi connectivity index (χ2v) is 7.78. The van der Waals surface area contributed by atoms with E-state index in [9.17, 15) is 4.79 Å². The van der Waals surface area contributed by atoms with Crippen LogP contribution in [0.3, 0.4) is 0 Å². The Balaban J connectivity index is 1.87. The van der Waals surface area contributed by atoms with E-state index in [0.717, 1.165) is 14.9 Å². The highest BCUT2D eigenvalue weighted by Gasteiger charge is 2.13. The standard InChI is InChI=1S/C16H10BrN3O2S2/c1-22-11-5-4-10(17)7-9(11)8-13-15(21)20-16(24-13)18-14(19-20)12-3-2-6-23-12/h2-8H,1H3/b13-8-. The molecular weight excluding hydrogens is 410 g/mol. The van der Waals surface area contributed by atoms with E-state index >= 15 is 0 Å². The average molecular weight is 420 g/mol. The van der Waals surface area contributed by atoms with Gasteiger partial charge in [-0.05, 0) is 35.7 Å². The summed E-state index contributed by atoms with van der Waals surface area (Å²) in [6.07, 6.45) is 1.80. The highest BCUT2D eigenvalue weighted by molar-refractivity contribution is 9.10. The van der Waals surface area contributed by atoms with E-state index in [1.807, 2.05) is 35.7 Å². The Labute approximate surface area is 153 Å². The summed E-state index contributed by atoms with van der Waals surface area (Å²) in [5.74, 6) is 1.29. The van der Waals surface area contributed by atoms with Crippen LogP contribution in [0.4, 0.5) is 0 Å². The zero-order valence-corrected chi connectivity index (χ0v) is 15.6. The largest absolute Gasteiger partial charge is 0.496 e. The summed E-state index contributed by atoms with van der Waals surface area (Å²) >= 11 is 6.30. The number of thiazole rings is 1. The first kappa shape index (κ1) is 15.5. The minimum absolute atomic E-state index is 0.174. The molecule has 3 aromatic heterocycles. The van der Waals surface area contributed by atoms with Gasteiger partial charge in [0.05, 0.1) is 16.5 Å². The summed E-state index contributed by atoms with van der Waals surface area (Å²) in [6, 6.07) is 9.53. The Kier molecular flexibility index (Phi) is 3.95. The molecule has 0 radical (unpaired) electrons. The van der Waals surface area contributed by atoms with E-state index in [0.29, 0.717) is 21.1 Å². The first-order valence-electron chi connectivity index (χ1n) is 6.94. The number of aromatic nitrogens is 3. The lowest BCUT2D eigenvalue weighted by molar-refractivity contribution is 0.414. The Morgan fingerprint density at radius 2 is 2.21 bits per heavy atom. The van der Waals surface area contributed by atoms with Gasteiger partial charge in [-0.3, -0.25) is 4.79 Å². The number of ether oxygens (including phenoxy) is 1. The van der Waals surface area contributed by atoms with Crippen molar-refractivity contribution in [1.29, 1.82) is 0 Å². The van der Waals surface area contributed by atoms with Crippen molar-refractivity contribution in [3.63, 3.8) is 0 Å². The maximum Gasteiger partial charge on any atom is 0.291 e. The zero-order valence-electron chi connectivity index (χ0n) is 12.4. The van der Waals surface area contributed by atoms with Crippen molar-refractivity contribution < 1.29 is 4.74 Å². The summed E-state index contributed by atoms with van der Waals surface area (Å²) in [5, 5.41) is 6.29. The highest BCUT2D eigenvalue weighted by atomic mass is 79.9. The van der Waals surface area contributed by atoms with Crippen molar-refractivity contribution in [2.45, 2.75) is 0 Å². The van der Waals surface area contributed by atoms with E-state index in [2.05, 4.69) is 26.0 Å². The molecule has 0 saturated carbocycles. The molecule has 0 aliphatic carbocycles. The third kappa shape index (κ3) is 2.66. The Hall–Kier alpha value is -2.03. The molecule has 0 spiro atoms. The fraction of sp³-hybridized carbons (Fsp3) is 0.0625. The van der Waals surface area contributed by atoms with E-state index in [-0.39, 0.29) is 5.56 Å². The summed E-state index contributed by atoms with van der Waals surface area (Å²) in [4.78, 5) is 18.6. The first-order valence-corrected chi connectivity index (χ1v) is 9.43. The number of hydrogen-bond acceptors (Lipinski definition) is 6. The van der Waals surface area contributed by atoms with Gasteiger partial charge in [-0.15, -0.1) is 16.4 Å². The van der Waals surface area contributed by atoms with Gasteiger partial charge < -0.3 is 4.74 Å². The smallest absolute Gasteiger partial charge is 0.291 e. The Morgan fingerprint density at radius 1 is 1.33 bits per heavy atom. The molecule has 0 aliphatic rings. The van der Waals surface area contributed by atoms with Crippen LogP contribution in [0.1, 0.15) is 5.56 Å². The summed E-state index contributed by atoms with van der Waals surface area (Å²) in [7, 11) is 1.61. The fourth-order valence-electron chi connectivity index (χ4n) is 2.30. The average Bonchev–Trinajstić information content (AvgIpc) is 3.27. The number of rotatable bonds is 3. The van der Waals surface area contributed by atoms with Gasteiger partial charge in [0.1, 0.15) is 5.75 Å². The molecule has 0 fully saturated rings. The number of halogens is 1. The van der Waals surface area contributed by atoms with Gasteiger partial charge in [-0.2, -0.15) is 9.50 Å². The molecule has 0 amide bonds. The SMILES string of the molecule is COc1ccc(Br)cc1/C=c1\sc2nc(-c3cccs3)nn2c1=O. The second-order valence-electron chi connectivity index (χ2n) is 4.91. The lowest BCUT2D eigenvalue weighted by Crippen LogP contribution is -2.23. The molecule has 0 aliphatic heterocycles. The monoisotopic (exact) mass is 419 g/mol. The lowest BCUT2D eigenvalue weighted by Gasteiger charge is -2.04. The highest BCUT2D eigenvalue weighted by Crippen LogP contribution is 2.24.